The van der Waals surface area contributed by atoms with Gasteiger partial charge in [-0.2, -0.15) is 19.6 Å². The second-order valence-corrected chi connectivity index (χ2v) is 5.44. The Balaban J connectivity index is 1.59. The average Bonchev–Trinajstić information content (AvgIpc) is 2.96. The molecule has 0 atom stereocenters. The minimum Gasteiger partial charge on any atom is -0.379 e. The summed E-state index contributed by atoms with van der Waals surface area (Å²) in [6.07, 6.45) is 2.53. The molecule has 0 aromatic carbocycles. The number of halogens is 1. The zero-order chi connectivity index (χ0) is 14.7. The van der Waals surface area contributed by atoms with Gasteiger partial charge >= 0.3 is 0 Å². The van der Waals surface area contributed by atoms with Gasteiger partial charge in [-0.25, -0.2) is 0 Å². The van der Waals surface area contributed by atoms with Crippen molar-refractivity contribution in [1.82, 2.24) is 24.5 Å². The van der Waals surface area contributed by atoms with Crippen LogP contribution in [0.5, 0.6) is 0 Å². The maximum absolute atomic E-state index is 6.13. The van der Waals surface area contributed by atoms with Crippen LogP contribution < -0.4 is 5.32 Å². The number of ether oxygens (including phenoxy) is 1. The van der Waals surface area contributed by atoms with E-state index >= 15 is 0 Å². The number of nitrogens with zero attached hydrogens (tertiary/aromatic N) is 5. The van der Waals surface area contributed by atoms with Gasteiger partial charge in [0.25, 0.3) is 5.78 Å². The third kappa shape index (κ3) is 3.25. The van der Waals surface area contributed by atoms with Crippen molar-refractivity contribution in [3.05, 3.63) is 17.0 Å². The molecule has 1 aliphatic rings. The highest BCUT2D eigenvalue weighted by Gasteiger charge is 2.12. The number of hydrogen-bond acceptors (Lipinski definition) is 6. The van der Waals surface area contributed by atoms with Gasteiger partial charge in [0.05, 0.1) is 13.2 Å². The molecule has 1 N–H and O–H groups in total. The Morgan fingerprint density at radius 1 is 1.38 bits per heavy atom. The molecule has 7 nitrogen and oxygen atoms in total. The SMILES string of the molecule is Cc1c(Cl)nc2ncnn2c1NCCCN1CCOCC1. The van der Waals surface area contributed by atoms with Crippen LogP contribution in [0.3, 0.4) is 0 Å². The van der Waals surface area contributed by atoms with Gasteiger partial charge in [-0.15, -0.1) is 0 Å². The van der Waals surface area contributed by atoms with Gasteiger partial charge in [0.1, 0.15) is 17.3 Å². The molecule has 1 saturated heterocycles. The fourth-order valence-corrected chi connectivity index (χ4v) is 2.60. The van der Waals surface area contributed by atoms with Crippen molar-refractivity contribution < 1.29 is 4.74 Å². The fraction of sp³-hybridized carbons (Fsp3) is 0.615. The zero-order valence-corrected chi connectivity index (χ0v) is 12.8. The fourth-order valence-electron chi connectivity index (χ4n) is 2.44. The molecule has 0 spiro atoms. The van der Waals surface area contributed by atoms with E-state index in [0.29, 0.717) is 10.9 Å². The second kappa shape index (κ2) is 6.55. The molecule has 1 aliphatic heterocycles. The van der Waals surface area contributed by atoms with Crippen molar-refractivity contribution in [3.63, 3.8) is 0 Å². The number of nitrogens with one attached hydrogen (secondary N) is 1. The second-order valence-electron chi connectivity index (χ2n) is 5.08. The molecule has 2 aromatic rings. The molecule has 2 aromatic heterocycles. The number of rotatable bonds is 5. The monoisotopic (exact) mass is 310 g/mol. The summed E-state index contributed by atoms with van der Waals surface area (Å²) in [7, 11) is 0. The Kier molecular flexibility index (Phi) is 4.52. The lowest BCUT2D eigenvalue weighted by molar-refractivity contribution is 0.0378. The van der Waals surface area contributed by atoms with Gasteiger partial charge in [0.2, 0.25) is 0 Å². The Labute approximate surface area is 128 Å². The molecule has 8 heteroatoms. The van der Waals surface area contributed by atoms with Crippen molar-refractivity contribution in [2.45, 2.75) is 13.3 Å². The predicted octanol–water partition coefficient (Wildman–Crippen LogP) is 1.22. The quantitative estimate of drug-likeness (QED) is 0.661. The predicted molar refractivity (Wildman–Crippen MR) is 80.9 cm³/mol. The van der Waals surface area contributed by atoms with Gasteiger partial charge in [-0.05, 0) is 19.9 Å². The molecule has 0 bridgehead atoms. The highest BCUT2D eigenvalue weighted by atomic mass is 35.5. The first-order valence-electron chi connectivity index (χ1n) is 7.15. The van der Waals surface area contributed by atoms with Crippen molar-refractivity contribution in [3.8, 4) is 0 Å². The first kappa shape index (κ1) is 14.5. The maximum Gasteiger partial charge on any atom is 0.255 e. The molecule has 0 amide bonds. The summed E-state index contributed by atoms with van der Waals surface area (Å²) in [6, 6.07) is 0. The molecule has 0 aliphatic carbocycles. The lowest BCUT2D eigenvalue weighted by Gasteiger charge is -2.26. The van der Waals surface area contributed by atoms with Crippen LogP contribution in [0.1, 0.15) is 12.0 Å². The van der Waals surface area contributed by atoms with E-state index in [4.69, 9.17) is 16.3 Å². The first-order chi connectivity index (χ1) is 10.3. The molecule has 21 heavy (non-hydrogen) atoms. The first-order valence-corrected chi connectivity index (χ1v) is 7.53. The van der Waals surface area contributed by atoms with Crippen LogP contribution >= 0.6 is 11.6 Å². The third-order valence-electron chi connectivity index (χ3n) is 3.65. The Bertz CT molecular complexity index is 610. The minimum absolute atomic E-state index is 0.464. The zero-order valence-electron chi connectivity index (χ0n) is 12.0. The van der Waals surface area contributed by atoms with E-state index in [1.165, 1.54) is 6.33 Å². The van der Waals surface area contributed by atoms with Crippen LogP contribution in [-0.4, -0.2) is 63.9 Å². The molecular weight excluding hydrogens is 292 g/mol. The van der Waals surface area contributed by atoms with E-state index in [0.717, 1.165) is 57.2 Å². The number of hydrogen-bond donors (Lipinski definition) is 1. The van der Waals surface area contributed by atoms with Gasteiger partial charge in [-0.3, -0.25) is 4.90 Å². The van der Waals surface area contributed by atoms with Crippen LogP contribution in [-0.2, 0) is 4.74 Å². The van der Waals surface area contributed by atoms with E-state index in [1.807, 2.05) is 6.92 Å². The van der Waals surface area contributed by atoms with Crippen molar-refractivity contribution in [2.75, 3.05) is 44.7 Å². The number of aromatic nitrogens is 4. The summed E-state index contributed by atoms with van der Waals surface area (Å²) in [5, 5.41) is 8.05. The van der Waals surface area contributed by atoms with Gasteiger partial charge < -0.3 is 10.1 Å². The lowest BCUT2D eigenvalue weighted by Crippen LogP contribution is -2.37. The Morgan fingerprint density at radius 2 is 2.19 bits per heavy atom. The van der Waals surface area contributed by atoms with Crippen LogP contribution in [0, 0.1) is 6.92 Å². The molecule has 114 valence electrons. The summed E-state index contributed by atoms with van der Waals surface area (Å²) in [6.45, 7) is 7.57. The van der Waals surface area contributed by atoms with E-state index in [9.17, 15) is 0 Å². The molecule has 0 saturated carbocycles. The minimum atomic E-state index is 0.464. The summed E-state index contributed by atoms with van der Waals surface area (Å²) in [5.74, 6) is 1.38. The standard InChI is InChI=1S/C13H19ClN6O/c1-10-11(14)18-13-16-9-17-20(13)12(10)15-3-2-4-19-5-7-21-8-6-19/h9,15H,2-8H2,1H3. The van der Waals surface area contributed by atoms with E-state index in [1.54, 1.807) is 4.52 Å². The molecule has 3 heterocycles. The third-order valence-corrected chi connectivity index (χ3v) is 4.02. The van der Waals surface area contributed by atoms with Crippen LogP contribution in [0.2, 0.25) is 5.15 Å². The summed E-state index contributed by atoms with van der Waals surface area (Å²) >= 11 is 6.13. The molecule has 1 fully saturated rings. The lowest BCUT2D eigenvalue weighted by atomic mass is 10.3. The highest BCUT2D eigenvalue weighted by molar-refractivity contribution is 6.30. The van der Waals surface area contributed by atoms with E-state index in [-0.39, 0.29) is 0 Å². The molecule has 0 radical (unpaired) electrons. The number of morpholine rings is 1. The van der Waals surface area contributed by atoms with E-state index < -0.39 is 0 Å². The van der Waals surface area contributed by atoms with E-state index in [2.05, 4.69) is 25.3 Å². The summed E-state index contributed by atoms with van der Waals surface area (Å²) in [5.41, 5.74) is 0.890. The van der Waals surface area contributed by atoms with Crippen LogP contribution in [0.15, 0.2) is 6.33 Å². The molecule has 3 rings (SSSR count). The summed E-state index contributed by atoms with van der Waals surface area (Å²) in [4.78, 5) is 10.7. The van der Waals surface area contributed by atoms with Gasteiger partial charge in [0.15, 0.2) is 0 Å². The average molecular weight is 311 g/mol. The maximum atomic E-state index is 6.13. The Hall–Kier alpha value is -1.44. The number of anilines is 1. The highest BCUT2D eigenvalue weighted by Crippen LogP contribution is 2.21. The number of fused-ring (bicyclic) bond motifs is 1. The van der Waals surface area contributed by atoms with Crippen molar-refractivity contribution >= 4 is 23.2 Å². The van der Waals surface area contributed by atoms with Crippen LogP contribution in [0.4, 0.5) is 5.82 Å². The van der Waals surface area contributed by atoms with Gasteiger partial charge in [-0.1, -0.05) is 11.6 Å². The summed E-state index contributed by atoms with van der Waals surface area (Å²) < 4.78 is 7.04. The molecule has 0 unspecified atom stereocenters. The van der Waals surface area contributed by atoms with Crippen molar-refractivity contribution in [2.24, 2.45) is 0 Å². The normalized spacial score (nSPS) is 16.5. The van der Waals surface area contributed by atoms with Crippen LogP contribution in [0.25, 0.3) is 5.78 Å². The van der Waals surface area contributed by atoms with Gasteiger partial charge in [0, 0.05) is 25.2 Å². The van der Waals surface area contributed by atoms with Crippen molar-refractivity contribution in [1.29, 1.82) is 0 Å². The largest absolute Gasteiger partial charge is 0.379 e. The topological polar surface area (TPSA) is 67.6 Å². The molecular formula is C13H19ClN6O. The Morgan fingerprint density at radius 3 is 3.00 bits per heavy atom. The smallest absolute Gasteiger partial charge is 0.255 e.